The first kappa shape index (κ1) is 13.3. The SMILES string of the molecule is Cn1ncc(Cl)c1S(=O)(=O)NCC1(C(=O)O)CC1. The third-order valence-electron chi connectivity index (χ3n) is 3.00. The van der Waals surface area contributed by atoms with Gasteiger partial charge in [-0.05, 0) is 12.8 Å². The fourth-order valence-electron chi connectivity index (χ4n) is 1.62. The summed E-state index contributed by atoms with van der Waals surface area (Å²) in [6.45, 7) is -0.133. The average molecular weight is 294 g/mol. The number of carboxylic acids is 1. The van der Waals surface area contributed by atoms with E-state index in [1.807, 2.05) is 0 Å². The summed E-state index contributed by atoms with van der Waals surface area (Å²) in [6, 6.07) is 0. The zero-order chi connectivity index (χ0) is 13.6. The van der Waals surface area contributed by atoms with Gasteiger partial charge in [0.05, 0.1) is 16.6 Å². The summed E-state index contributed by atoms with van der Waals surface area (Å²) >= 11 is 5.74. The quantitative estimate of drug-likeness (QED) is 0.808. The molecule has 0 bridgehead atoms. The average Bonchev–Trinajstić information content (AvgIpc) is 2.98. The Kier molecular flexibility index (Phi) is 3.12. The Hall–Kier alpha value is -1.12. The first-order valence-electron chi connectivity index (χ1n) is 5.19. The molecule has 2 N–H and O–H groups in total. The monoisotopic (exact) mass is 293 g/mol. The van der Waals surface area contributed by atoms with E-state index in [9.17, 15) is 13.2 Å². The van der Waals surface area contributed by atoms with Gasteiger partial charge in [0.1, 0.15) is 0 Å². The topological polar surface area (TPSA) is 101 Å². The molecule has 0 saturated heterocycles. The maximum absolute atomic E-state index is 12.0. The molecule has 0 aliphatic heterocycles. The standard InChI is InChI=1S/C9H12ClN3O4S/c1-13-7(6(10)4-11-13)18(16,17)12-5-9(2-3-9)8(14)15/h4,12H,2-3,5H2,1H3,(H,14,15). The summed E-state index contributed by atoms with van der Waals surface area (Å²) in [4.78, 5) is 10.9. The van der Waals surface area contributed by atoms with Gasteiger partial charge in [0.15, 0.2) is 5.03 Å². The number of hydrogen-bond donors (Lipinski definition) is 2. The van der Waals surface area contributed by atoms with Crippen LogP contribution in [-0.2, 0) is 21.9 Å². The molecule has 1 fully saturated rings. The van der Waals surface area contributed by atoms with Gasteiger partial charge in [0, 0.05) is 13.6 Å². The van der Waals surface area contributed by atoms with Crippen LogP contribution in [-0.4, -0.2) is 35.8 Å². The van der Waals surface area contributed by atoms with Gasteiger partial charge < -0.3 is 5.11 Å². The van der Waals surface area contributed by atoms with E-state index in [1.54, 1.807) is 0 Å². The number of sulfonamides is 1. The lowest BCUT2D eigenvalue weighted by Crippen LogP contribution is -2.35. The van der Waals surface area contributed by atoms with Gasteiger partial charge in [-0.3, -0.25) is 9.48 Å². The maximum atomic E-state index is 12.0. The summed E-state index contributed by atoms with van der Waals surface area (Å²) in [6.07, 6.45) is 2.17. The predicted molar refractivity (Wildman–Crippen MR) is 62.7 cm³/mol. The van der Waals surface area contributed by atoms with E-state index in [-0.39, 0.29) is 16.6 Å². The number of carbonyl (C=O) groups is 1. The highest BCUT2D eigenvalue weighted by molar-refractivity contribution is 7.89. The van der Waals surface area contributed by atoms with Crippen molar-refractivity contribution in [3.8, 4) is 0 Å². The molecule has 18 heavy (non-hydrogen) atoms. The van der Waals surface area contributed by atoms with E-state index in [2.05, 4.69) is 9.82 Å². The maximum Gasteiger partial charge on any atom is 0.310 e. The minimum absolute atomic E-state index is 0.00479. The zero-order valence-corrected chi connectivity index (χ0v) is 11.1. The van der Waals surface area contributed by atoms with Crippen LogP contribution in [0.1, 0.15) is 12.8 Å². The number of nitrogens with zero attached hydrogens (tertiary/aromatic N) is 2. The summed E-state index contributed by atoms with van der Waals surface area (Å²) in [5.41, 5.74) is -0.960. The van der Waals surface area contributed by atoms with Gasteiger partial charge in [-0.25, -0.2) is 13.1 Å². The van der Waals surface area contributed by atoms with Gasteiger partial charge in [0.25, 0.3) is 10.0 Å². The summed E-state index contributed by atoms with van der Waals surface area (Å²) in [5, 5.41) is 12.5. The van der Waals surface area contributed by atoms with Crippen LogP contribution in [0.15, 0.2) is 11.2 Å². The van der Waals surface area contributed by atoms with Crippen LogP contribution in [0.4, 0.5) is 0 Å². The first-order chi connectivity index (χ1) is 8.28. The van der Waals surface area contributed by atoms with E-state index in [4.69, 9.17) is 16.7 Å². The van der Waals surface area contributed by atoms with E-state index < -0.39 is 21.4 Å². The normalized spacial score (nSPS) is 17.7. The molecule has 1 saturated carbocycles. The van der Waals surface area contributed by atoms with Crippen LogP contribution in [0, 0.1) is 5.41 Å². The van der Waals surface area contributed by atoms with Crippen molar-refractivity contribution in [3.05, 3.63) is 11.2 Å². The highest BCUT2D eigenvalue weighted by atomic mass is 35.5. The fraction of sp³-hybridized carbons (Fsp3) is 0.556. The van der Waals surface area contributed by atoms with Crippen LogP contribution in [0.3, 0.4) is 0 Å². The van der Waals surface area contributed by atoms with Gasteiger partial charge in [0.2, 0.25) is 0 Å². The van der Waals surface area contributed by atoms with Gasteiger partial charge in [-0.15, -0.1) is 0 Å². The number of hydrogen-bond acceptors (Lipinski definition) is 4. The molecule has 0 atom stereocenters. The number of aliphatic carboxylic acids is 1. The predicted octanol–water partition coefficient (Wildman–Crippen LogP) is 0.217. The van der Waals surface area contributed by atoms with Crippen molar-refractivity contribution in [2.24, 2.45) is 12.5 Å². The lowest BCUT2D eigenvalue weighted by Gasteiger charge is -2.11. The molecule has 0 amide bonds. The number of aryl methyl sites for hydroxylation is 1. The Bertz CT molecular complexity index is 571. The highest BCUT2D eigenvalue weighted by Crippen LogP contribution is 2.45. The first-order valence-corrected chi connectivity index (χ1v) is 7.05. The molecule has 1 aliphatic carbocycles. The fourth-order valence-corrected chi connectivity index (χ4v) is 3.40. The van der Waals surface area contributed by atoms with E-state index in [1.165, 1.54) is 13.2 Å². The van der Waals surface area contributed by atoms with Gasteiger partial charge in [-0.1, -0.05) is 11.6 Å². The number of rotatable bonds is 5. The van der Waals surface area contributed by atoms with Crippen LogP contribution in [0.5, 0.6) is 0 Å². The zero-order valence-electron chi connectivity index (χ0n) is 9.55. The molecule has 2 rings (SSSR count). The van der Waals surface area contributed by atoms with E-state index in [0.29, 0.717) is 12.8 Å². The van der Waals surface area contributed by atoms with Crippen molar-refractivity contribution in [2.75, 3.05) is 6.54 Å². The third kappa shape index (κ3) is 2.23. The van der Waals surface area contributed by atoms with Crippen molar-refractivity contribution in [2.45, 2.75) is 17.9 Å². The number of aromatic nitrogens is 2. The number of nitrogens with one attached hydrogen (secondary N) is 1. The Morgan fingerprint density at radius 3 is 2.67 bits per heavy atom. The van der Waals surface area contributed by atoms with Gasteiger partial charge in [-0.2, -0.15) is 5.10 Å². The lowest BCUT2D eigenvalue weighted by atomic mass is 10.1. The molecule has 0 radical (unpaired) electrons. The molecule has 1 aromatic heterocycles. The Balaban J connectivity index is 2.17. The molecule has 0 spiro atoms. The molecule has 100 valence electrons. The van der Waals surface area contributed by atoms with Crippen molar-refractivity contribution in [1.29, 1.82) is 0 Å². The van der Waals surface area contributed by atoms with Crippen LogP contribution in [0.2, 0.25) is 5.02 Å². The van der Waals surface area contributed by atoms with Crippen molar-refractivity contribution in [1.82, 2.24) is 14.5 Å². The molecular weight excluding hydrogens is 282 g/mol. The second kappa shape index (κ2) is 4.22. The molecular formula is C9H12ClN3O4S. The molecule has 7 nitrogen and oxygen atoms in total. The smallest absolute Gasteiger partial charge is 0.310 e. The lowest BCUT2D eigenvalue weighted by molar-refractivity contribution is -0.143. The summed E-state index contributed by atoms with van der Waals surface area (Å²) < 4.78 is 27.4. The molecule has 1 aliphatic rings. The van der Waals surface area contributed by atoms with Gasteiger partial charge >= 0.3 is 5.97 Å². The third-order valence-corrected chi connectivity index (χ3v) is 4.91. The Morgan fingerprint density at radius 2 is 2.28 bits per heavy atom. The number of halogens is 1. The molecule has 0 unspecified atom stereocenters. The van der Waals surface area contributed by atoms with Crippen molar-refractivity contribution < 1.29 is 18.3 Å². The Labute approximate surface area is 109 Å². The van der Waals surface area contributed by atoms with Crippen molar-refractivity contribution in [3.63, 3.8) is 0 Å². The molecule has 9 heteroatoms. The summed E-state index contributed by atoms with van der Waals surface area (Å²) in [7, 11) is -2.40. The van der Waals surface area contributed by atoms with Crippen LogP contribution < -0.4 is 4.72 Å². The Morgan fingerprint density at radius 1 is 1.67 bits per heavy atom. The minimum atomic E-state index is -3.85. The van der Waals surface area contributed by atoms with Crippen LogP contribution in [0.25, 0.3) is 0 Å². The second-order valence-corrected chi connectivity index (χ2v) is 6.42. The van der Waals surface area contributed by atoms with E-state index >= 15 is 0 Å². The second-order valence-electron chi connectivity index (χ2n) is 4.33. The van der Waals surface area contributed by atoms with Crippen LogP contribution >= 0.6 is 11.6 Å². The number of carboxylic acid groups (broad SMARTS) is 1. The largest absolute Gasteiger partial charge is 0.481 e. The van der Waals surface area contributed by atoms with Crippen molar-refractivity contribution >= 4 is 27.6 Å². The molecule has 1 heterocycles. The highest BCUT2D eigenvalue weighted by Gasteiger charge is 2.50. The minimum Gasteiger partial charge on any atom is -0.481 e. The summed E-state index contributed by atoms with van der Waals surface area (Å²) in [5.74, 6) is -0.985. The van der Waals surface area contributed by atoms with E-state index in [0.717, 1.165) is 4.68 Å². The molecule has 0 aromatic carbocycles. The molecule has 1 aromatic rings.